The highest BCUT2D eigenvalue weighted by Crippen LogP contribution is 2.40. The Labute approximate surface area is 110 Å². The Morgan fingerprint density at radius 3 is 2.74 bits per heavy atom. The molecule has 1 unspecified atom stereocenters. The lowest BCUT2D eigenvalue weighted by molar-refractivity contribution is 0.154. The van der Waals surface area contributed by atoms with E-state index in [1.807, 2.05) is 18.5 Å². The van der Waals surface area contributed by atoms with Crippen LogP contribution in [0.3, 0.4) is 0 Å². The SMILES string of the molecule is OC(c1ccn(Cc2ccc(F)cc2F)c1)C1CC1. The number of hydrogen-bond donors (Lipinski definition) is 1. The van der Waals surface area contributed by atoms with Crippen LogP contribution in [-0.2, 0) is 6.54 Å². The molecule has 100 valence electrons. The zero-order valence-corrected chi connectivity index (χ0v) is 10.4. The Morgan fingerprint density at radius 1 is 1.26 bits per heavy atom. The predicted molar refractivity (Wildman–Crippen MR) is 67.6 cm³/mol. The highest BCUT2D eigenvalue weighted by atomic mass is 19.1. The molecule has 1 heterocycles. The van der Waals surface area contributed by atoms with Crippen molar-refractivity contribution < 1.29 is 13.9 Å². The maximum absolute atomic E-state index is 13.5. The van der Waals surface area contributed by atoms with E-state index in [9.17, 15) is 13.9 Å². The summed E-state index contributed by atoms with van der Waals surface area (Å²) in [6, 6.07) is 5.44. The van der Waals surface area contributed by atoms with Crippen molar-refractivity contribution in [2.45, 2.75) is 25.5 Å². The molecule has 1 atom stereocenters. The number of aromatic nitrogens is 1. The molecule has 1 fully saturated rings. The van der Waals surface area contributed by atoms with Gasteiger partial charge >= 0.3 is 0 Å². The molecule has 2 nitrogen and oxygen atoms in total. The first-order valence-electron chi connectivity index (χ1n) is 6.41. The standard InChI is InChI=1S/C15H15F2NO/c16-13-4-3-11(14(17)7-13)8-18-6-5-12(9-18)15(19)10-1-2-10/h3-7,9-10,15,19H,1-2,8H2. The number of hydrogen-bond acceptors (Lipinski definition) is 1. The van der Waals surface area contributed by atoms with Gasteiger partial charge in [0.15, 0.2) is 0 Å². The first-order chi connectivity index (χ1) is 9.13. The van der Waals surface area contributed by atoms with E-state index < -0.39 is 17.7 Å². The Hall–Kier alpha value is -1.68. The molecule has 19 heavy (non-hydrogen) atoms. The first-order valence-corrected chi connectivity index (χ1v) is 6.41. The molecule has 1 saturated carbocycles. The second-order valence-corrected chi connectivity index (χ2v) is 5.14. The molecule has 1 aromatic heterocycles. The van der Waals surface area contributed by atoms with Gasteiger partial charge < -0.3 is 9.67 Å². The molecule has 0 saturated heterocycles. The quantitative estimate of drug-likeness (QED) is 0.900. The first kappa shape index (κ1) is 12.4. The molecule has 1 N–H and O–H groups in total. The number of aliphatic hydroxyl groups excluding tert-OH is 1. The number of halogens is 2. The highest BCUT2D eigenvalue weighted by Gasteiger charge is 2.31. The highest BCUT2D eigenvalue weighted by molar-refractivity contribution is 5.21. The topological polar surface area (TPSA) is 25.2 Å². The van der Waals surface area contributed by atoms with Gasteiger partial charge in [0, 0.05) is 30.6 Å². The molecule has 4 heteroatoms. The van der Waals surface area contributed by atoms with Gasteiger partial charge in [-0.3, -0.25) is 0 Å². The summed E-state index contributed by atoms with van der Waals surface area (Å²) in [6.07, 6.45) is 5.35. The molecule has 1 aliphatic carbocycles. The molecule has 1 aliphatic rings. The van der Waals surface area contributed by atoms with Crippen LogP contribution in [0.4, 0.5) is 8.78 Å². The molecule has 0 spiro atoms. The maximum atomic E-state index is 13.5. The minimum absolute atomic E-state index is 0.337. The van der Waals surface area contributed by atoms with Gasteiger partial charge in [0.05, 0.1) is 6.10 Å². The van der Waals surface area contributed by atoms with Gasteiger partial charge in [-0.1, -0.05) is 6.07 Å². The minimum Gasteiger partial charge on any atom is -0.388 e. The molecule has 0 amide bonds. The Morgan fingerprint density at radius 2 is 2.05 bits per heavy atom. The fourth-order valence-electron chi connectivity index (χ4n) is 2.26. The Balaban J connectivity index is 1.76. The van der Waals surface area contributed by atoms with E-state index in [2.05, 4.69) is 0 Å². The number of aliphatic hydroxyl groups is 1. The average Bonchev–Trinajstić information content (AvgIpc) is 3.12. The normalized spacial score (nSPS) is 16.6. The van der Waals surface area contributed by atoms with Crippen LogP contribution in [0.5, 0.6) is 0 Å². The van der Waals surface area contributed by atoms with Crippen LogP contribution in [0.15, 0.2) is 36.7 Å². The van der Waals surface area contributed by atoms with E-state index in [0.29, 0.717) is 18.0 Å². The third-order valence-corrected chi connectivity index (χ3v) is 3.55. The fourth-order valence-corrected chi connectivity index (χ4v) is 2.26. The third kappa shape index (κ3) is 2.68. The van der Waals surface area contributed by atoms with Gasteiger partial charge in [-0.25, -0.2) is 8.78 Å². The van der Waals surface area contributed by atoms with Gasteiger partial charge in [-0.05, 0) is 36.5 Å². The lowest BCUT2D eigenvalue weighted by Crippen LogP contribution is -2.01. The molecule has 0 aliphatic heterocycles. The molecule has 0 bridgehead atoms. The van der Waals surface area contributed by atoms with Crippen molar-refractivity contribution in [3.05, 3.63) is 59.4 Å². The summed E-state index contributed by atoms with van der Waals surface area (Å²) in [4.78, 5) is 0. The molecule has 3 rings (SSSR count). The lowest BCUT2D eigenvalue weighted by Gasteiger charge is -2.07. The summed E-state index contributed by atoms with van der Waals surface area (Å²) in [5, 5.41) is 9.99. The Bertz CT molecular complexity index is 590. The van der Waals surface area contributed by atoms with Crippen LogP contribution in [0.25, 0.3) is 0 Å². The number of benzene rings is 1. The summed E-state index contributed by atoms with van der Waals surface area (Å²) in [5.41, 5.74) is 1.30. The molecular formula is C15H15F2NO. The van der Waals surface area contributed by atoms with E-state index >= 15 is 0 Å². The maximum Gasteiger partial charge on any atom is 0.131 e. The van der Waals surface area contributed by atoms with Crippen LogP contribution in [-0.4, -0.2) is 9.67 Å². The Kier molecular flexibility index (Phi) is 3.11. The van der Waals surface area contributed by atoms with Crippen LogP contribution >= 0.6 is 0 Å². The fraction of sp³-hybridized carbons (Fsp3) is 0.333. The van der Waals surface area contributed by atoms with Crippen LogP contribution < -0.4 is 0 Å². The van der Waals surface area contributed by atoms with E-state index in [1.54, 1.807) is 4.57 Å². The van der Waals surface area contributed by atoms with Gasteiger partial charge in [0.2, 0.25) is 0 Å². The summed E-state index contributed by atoms with van der Waals surface area (Å²) in [7, 11) is 0. The van der Waals surface area contributed by atoms with Crippen LogP contribution in [0, 0.1) is 17.6 Å². The van der Waals surface area contributed by atoms with Crippen molar-refractivity contribution in [1.82, 2.24) is 4.57 Å². The summed E-state index contributed by atoms with van der Waals surface area (Å²) < 4.78 is 28.2. The van der Waals surface area contributed by atoms with Crippen molar-refractivity contribution in [2.24, 2.45) is 5.92 Å². The molecular weight excluding hydrogens is 248 g/mol. The van der Waals surface area contributed by atoms with Gasteiger partial charge in [-0.2, -0.15) is 0 Å². The van der Waals surface area contributed by atoms with E-state index in [-0.39, 0.29) is 0 Å². The summed E-state index contributed by atoms with van der Waals surface area (Å²) in [5.74, 6) is -0.741. The van der Waals surface area contributed by atoms with Crippen molar-refractivity contribution in [3.8, 4) is 0 Å². The lowest BCUT2D eigenvalue weighted by atomic mass is 10.1. The smallest absolute Gasteiger partial charge is 0.131 e. The zero-order valence-electron chi connectivity index (χ0n) is 10.4. The zero-order chi connectivity index (χ0) is 13.4. The summed E-state index contributed by atoms with van der Waals surface area (Å²) >= 11 is 0. The molecule has 2 aromatic rings. The van der Waals surface area contributed by atoms with E-state index in [4.69, 9.17) is 0 Å². The monoisotopic (exact) mass is 263 g/mol. The van der Waals surface area contributed by atoms with Crippen molar-refractivity contribution in [3.63, 3.8) is 0 Å². The van der Waals surface area contributed by atoms with Crippen LogP contribution in [0.2, 0.25) is 0 Å². The van der Waals surface area contributed by atoms with Crippen molar-refractivity contribution in [2.75, 3.05) is 0 Å². The molecule has 1 aromatic carbocycles. The number of nitrogens with zero attached hydrogens (tertiary/aromatic N) is 1. The van der Waals surface area contributed by atoms with Gasteiger partial charge in [0.25, 0.3) is 0 Å². The largest absolute Gasteiger partial charge is 0.388 e. The van der Waals surface area contributed by atoms with E-state index in [1.165, 1.54) is 12.1 Å². The van der Waals surface area contributed by atoms with Gasteiger partial charge in [-0.15, -0.1) is 0 Å². The second kappa shape index (κ2) is 4.78. The predicted octanol–water partition coefficient (Wildman–Crippen LogP) is 3.26. The third-order valence-electron chi connectivity index (χ3n) is 3.55. The summed E-state index contributed by atoms with van der Waals surface area (Å²) in [6.45, 7) is 0.337. The average molecular weight is 263 g/mol. The van der Waals surface area contributed by atoms with Crippen molar-refractivity contribution >= 4 is 0 Å². The second-order valence-electron chi connectivity index (χ2n) is 5.14. The number of rotatable bonds is 4. The van der Waals surface area contributed by atoms with E-state index in [0.717, 1.165) is 24.5 Å². The molecule has 0 radical (unpaired) electrons. The van der Waals surface area contributed by atoms with Gasteiger partial charge in [0.1, 0.15) is 11.6 Å². The van der Waals surface area contributed by atoms with Crippen LogP contribution in [0.1, 0.15) is 30.1 Å². The minimum atomic E-state index is -0.571. The van der Waals surface area contributed by atoms with Crippen molar-refractivity contribution in [1.29, 1.82) is 0 Å².